The van der Waals surface area contributed by atoms with Gasteiger partial charge in [-0.05, 0) is 37.1 Å². The number of rotatable bonds is 3. The van der Waals surface area contributed by atoms with E-state index in [1.807, 2.05) is 13.0 Å². The topological polar surface area (TPSA) is 33.0 Å². The number of ether oxygens (including phenoxy) is 1. The molecule has 0 heterocycles. The predicted octanol–water partition coefficient (Wildman–Crippen LogP) is 2.82. The monoisotopic (exact) mass is 193 g/mol. The molecule has 1 unspecified atom stereocenters. The second kappa shape index (κ2) is 4.61. The van der Waals surface area contributed by atoms with E-state index in [0.29, 0.717) is 17.7 Å². The van der Waals surface area contributed by atoms with Gasteiger partial charge in [-0.2, -0.15) is 5.26 Å². The smallest absolute Gasteiger partial charge is 0.184 e. The minimum atomic E-state index is -0.459. The van der Waals surface area contributed by atoms with Crippen LogP contribution in [0.15, 0.2) is 18.2 Å². The minimum Gasteiger partial charge on any atom is -0.475 e. The molecule has 0 amide bonds. The first-order valence-corrected chi connectivity index (χ1v) is 4.49. The fourth-order valence-corrected chi connectivity index (χ4v) is 1.10. The zero-order valence-corrected chi connectivity index (χ0v) is 8.25. The van der Waals surface area contributed by atoms with Crippen molar-refractivity contribution in [3.63, 3.8) is 0 Å². The van der Waals surface area contributed by atoms with Crippen molar-refractivity contribution in [3.05, 3.63) is 29.6 Å². The van der Waals surface area contributed by atoms with Crippen LogP contribution in [0.4, 0.5) is 4.39 Å². The second-order valence-corrected chi connectivity index (χ2v) is 3.05. The molecular weight excluding hydrogens is 181 g/mol. The van der Waals surface area contributed by atoms with Gasteiger partial charge in [-0.25, -0.2) is 4.39 Å². The minimum absolute atomic E-state index is 0.292. The molecule has 0 spiro atoms. The lowest BCUT2D eigenvalue weighted by Gasteiger charge is -2.12. The van der Waals surface area contributed by atoms with Crippen LogP contribution in [0, 0.1) is 24.1 Å². The molecule has 1 aromatic rings. The first kappa shape index (κ1) is 10.5. The van der Waals surface area contributed by atoms with Gasteiger partial charge in [0.05, 0.1) is 0 Å². The zero-order chi connectivity index (χ0) is 10.6. The molecule has 0 fully saturated rings. The largest absolute Gasteiger partial charge is 0.475 e. The summed E-state index contributed by atoms with van der Waals surface area (Å²) in [5.41, 5.74) is 0.707. The Morgan fingerprint density at radius 2 is 2.29 bits per heavy atom. The Bertz CT molecular complexity index is 357. The first-order valence-electron chi connectivity index (χ1n) is 4.49. The van der Waals surface area contributed by atoms with Crippen molar-refractivity contribution < 1.29 is 9.13 Å². The van der Waals surface area contributed by atoms with Crippen LogP contribution in [-0.2, 0) is 0 Å². The number of nitriles is 1. The summed E-state index contributed by atoms with van der Waals surface area (Å²) in [6.45, 7) is 3.62. The van der Waals surface area contributed by atoms with Gasteiger partial charge in [-0.3, -0.25) is 0 Å². The molecule has 0 bridgehead atoms. The van der Waals surface area contributed by atoms with Gasteiger partial charge < -0.3 is 4.74 Å². The van der Waals surface area contributed by atoms with Crippen molar-refractivity contribution >= 4 is 0 Å². The molecule has 0 aliphatic heterocycles. The molecule has 0 aliphatic carbocycles. The van der Waals surface area contributed by atoms with Gasteiger partial charge in [0.25, 0.3) is 0 Å². The highest BCUT2D eigenvalue weighted by molar-refractivity contribution is 5.33. The Balaban J connectivity index is 2.82. The molecule has 0 saturated heterocycles. The molecule has 74 valence electrons. The summed E-state index contributed by atoms with van der Waals surface area (Å²) in [6.07, 6.45) is 0.159. The van der Waals surface area contributed by atoms with Crippen molar-refractivity contribution in [2.75, 3.05) is 0 Å². The van der Waals surface area contributed by atoms with Gasteiger partial charge in [0.1, 0.15) is 17.6 Å². The highest BCUT2D eigenvalue weighted by Crippen LogP contribution is 2.20. The predicted molar refractivity (Wildman–Crippen MR) is 51.5 cm³/mol. The fraction of sp³-hybridized carbons (Fsp3) is 0.364. The molecule has 1 atom stereocenters. The number of halogens is 1. The van der Waals surface area contributed by atoms with E-state index in [1.54, 1.807) is 13.0 Å². The van der Waals surface area contributed by atoms with Crippen molar-refractivity contribution in [2.24, 2.45) is 0 Å². The SMILES string of the molecule is CCC(C#N)Oc1ccc(F)cc1C. The summed E-state index contributed by atoms with van der Waals surface area (Å²) in [5, 5.41) is 8.68. The van der Waals surface area contributed by atoms with Crippen molar-refractivity contribution in [1.82, 2.24) is 0 Å². The number of aryl methyl sites for hydroxylation is 1. The van der Waals surface area contributed by atoms with Gasteiger partial charge in [0.15, 0.2) is 6.10 Å². The van der Waals surface area contributed by atoms with Crippen LogP contribution in [-0.4, -0.2) is 6.10 Å². The van der Waals surface area contributed by atoms with E-state index in [-0.39, 0.29) is 5.82 Å². The van der Waals surface area contributed by atoms with Crippen molar-refractivity contribution in [3.8, 4) is 11.8 Å². The molecule has 14 heavy (non-hydrogen) atoms. The third kappa shape index (κ3) is 2.46. The molecule has 1 aromatic carbocycles. The zero-order valence-electron chi connectivity index (χ0n) is 8.25. The molecular formula is C11H12FNO. The van der Waals surface area contributed by atoms with Gasteiger partial charge in [-0.15, -0.1) is 0 Å². The average Bonchev–Trinajstić information content (AvgIpc) is 2.17. The summed E-state index contributed by atoms with van der Waals surface area (Å²) < 4.78 is 18.1. The number of benzene rings is 1. The van der Waals surface area contributed by atoms with Crippen LogP contribution < -0.4 is 4.74 Å². The van der Waals surface area contributed by atoms with Crippen LogP contribution in [0.3, 0.4) is 0 Å². The van der Waals surface area contributed by atoms with Crippen LogP contribution in [0.25, 0.3) is 0 Å². The lowest BCUT2D eigenvalue weighted by atomic mass is 10.2. The summed E-state index contributed by atoms with van der Waals surface area (Å²) in [7, 11) is 0. The molecule has 2 nitrogen and oxygen atoms in total. The normalized spacial score (nSPS) is 11.9. The van der Waals surface area contributed by atoms with E-state index >= 15 is 0 Å². The summed E-state index contributed by atoms with van der Waals surface area (Å²) in [5.74, 6) is 0.277. The molecule has 0 aromatic heterocycles. The first-order chi connectivity index (χ1) is 6.67. The standard InChI is InChI=1S/C11H12FNO/c1-3-10(7-13)14-11-5-4-9(12)6-8(11)2/h4-6,10H,3H2,1-2H3. The van der Waals surface area contributed by atoms with Gasteiger partial charge in [-0.1, -0.05) is 6.92 Å². The molecule has 0 aliphatic rings. The van der Waals surface area contributed by atoms with E-state index in [2.05, 4.69) is 0 Å². The molecule has 0 saturated carbocycles. The van der Waals surface area contributed by atoms with Crippen molar-refractivity contribution in [2.45, 2.75) is 26.4 Å². The van der Waals surface area contributed by atoms with E-state index in [0.717, 1.165) is 0 Å². The highest BCUT2D eigenvalue weighted by Gasteiger charge is 2.08. The molecule has 1 rings (SSSR count). The second-order valence-electron chi connectivity index (χ2n) is 3.05. The van der Waals surface area contributed by atoms with E-state index in [1.165, 1.54) is 12.1 Å². The molecule has 0 radical (unpaired) electrons. The third-order valence-corrected chi connectivity index (χ3v) is 1.92. The molecule has 0 N–H and O–H groups in total. The van der Waals surface area contributed by atoms with Gasteiger partial charge in [0.2, 0.25) is 0 Å². The number of nitrogens with zero attached hydrogens (tertiary/aromatic N) is 1. The van der Waals surface area contributed by atoms with Crippen LogP contribution in [0.1, 0.15) is 18.9 Å². The Morgan fingerprint density at radius 1 is 1.57 bits per heavy atom. The fourth-order valence-electron chi connectivity index (χ4n) is 1.10. The van der Waals surface area contributed by atoms with E-state index in [4.69, 9.17) is 10.00 Å². The van der Waals surface area contributed by atoms with Gasteiger partial charge in [0, 0.05) is 0 Å². The Kier molecular flexibility index (Phi) is 3.47. The van der Waals surface area contributed by atoms with Crippen LogP contribution in [0.2, 0.25) is 0 Å². The Labute approximate surface area is 82.9 Å². The van der Waals surface area contributed by atoms with Crippen molar-refractivity contribution in [1.29, 1.82) is 5.26 Å². The number of hydrogen-bond donors (Lipinski definition) is 0. The molecule has 3 heteroatoms. The van der Waals surface area contributed by atoms with Gasteiger partial charge >= 0.3 is 0 Å². The quantitative estimate of drug-likeness (QED) is 0.739. The maximum atomic E-state index is 12.7. The number of hydrogen-bond acceptors (Lipinski definition) is 2. The van der Waals surface area contributed by atoms with Crippen LogP contribution >= 0.6 is 0 Å². The summed E-state index contributed by atoms with van der Waals surface area (Å²) >= 11 is 0. The third-order valence-electron chi connectivity index (χ3n) is 1.92. The van der Waals surface area contributed by atoms with E-state index in [9.17, 15) is 4.39 Å². The summed E-state index contributed by atoms with van der Waals surface area (Å²) in [4.78, 5) is 0. The lowest BCUT2D eigenvalue weighted by Crippen LogP contribution is -2.12. The van der Waals surface area contributed by atoms with Crippen LogP contribution in [0.5, 0.6) is 5.75 Å². The maximum absolute atomic E-state index is 12.7. The van der Waals surface area contributed by atoms with E-state index < -0.39 is 6.10 Å². The summed E-state index contributed by atoms with van der Waals surface area (Å²) in [6, 6.07) is 6.29. The Morgan fingerprint density at radius 3 is 2.79 bits per heavy atom. The Hall–Kier alpha value is -1.56. The average molecular weight is 193 g/mol. The maximum Gasteiger partial charge on any atom is 0.184 e. The highest BCUT2D eigenvalue weighted by atomic mass is 19.1. The lowest BCUT2D eigenvalue weighted by molar-refractivity contribution is 0.250.